The van der Waals surface area contributed by atoms with Crippen molar-refractivity contribution >= 4 is 18.1 Å². The highest BCUT2D eigenvalue weighted by atomic mass is 16.6. The van der Waals surface area contributed by atoms with E-state index in [0.717, 1.165) is 37.7 Å². The molecule has 1 aromatic rings. The molecule has 1 aromatic carbocycles. The maximum absolute atomic E-state index is 12.9. The van der Waals surface area contributed by atoms with E-state index in [1.54, 1.807) is 4.90 Å². The lowest BCUT2D eigenvalue weighted by atomic mass is 9.48. The summed E-state index contributed by atoms with van der Waals surface area (Å²) in [4.78, 5) is 38.7. The zero-order chi connectivity index (χ0) is 22.3. The summed E-state index contributed by atoms with van der Waals surface area (Å²) in [5.41, 5.74) is 6.29. The molecule has 8 nitrogen and oxygen atoms in total. The fraction of sp³-hybridized carbons (Fsp3) is 0.625. The second kappa shape index (κ2) is 8.30. The first-order valence-corrected chi connectivity index (χ1v) is 11.6. The van der Waals surface area contributed by atoms with Gasteiger partial charge >= 0.3 is 12.2 Å². The number of nitrogens with one attached hydrogen (secondary N) is 1. The number of rotatable bonds is 5. The number of alkyl carbamates (subject to hydrolysis) is 1. The number of benzene rings is 1. The van der Waals surface area contributed by atoms with Crippen molar-refractivity contribution in [2.24, 2.45) is 28.9 Å². The maximum Gasteiger partial charge on any atom is 0.410 e. The average Bonchev–Trinajstić information content (AvgIpc) is 3.23. The van der Waals surface area contributed by atoms with Gasteiger partial charge in [-0.3, -0.25) is 4.79 Å². The first-order chi connectivity index (χ1) is 15.4. The predicted molar refractivity (Wildman–Crippen MR) is 115 cm³/mol. The third-order valence-electron chi connectivity index (χ3n) is 7.93. The van der Waals surface area contributed by atoms with Crippen LogP contribution in [0.1, 0.15) is 44.1 Å². The zero-order valence-electron chi connectivity index (χ0n) is 18.2. The van der Waals surface area contributed by atoms with Gasteiger partial charge in [-0.1, -0.05) is 30.3 Å². The van der Waals surface area contributed by atoms with Crippen molar-refractivity contribution in [3.05, 3.63) is 35.9 Å². The molecular weight excluding hydrogens is 410 g/mol. The molecule has 1 heterocycles. The van der Waals surface area contributed by atoms with E-state index in [4.69, 9.17) is 15.2 Å². The van der Waals surface area contributed by atoms with Crippen molar-refractivity contribution in [3.63, 3.8) is 0 Å². The van der Waals surface area contributed by atoms with Gasteiger partial charge in [-0.05, 0) is 61.8 Å². The van der Waals surface area contributed by atoms with Crippen molar-refractivity contribution in [3.8, 4) is 0 Å². The number of nitrogens with two attached hydrogens (primary N) is 1. The third-order valence-corrected chi connectivity index (χ3v) is 7.93. The van der Waals surface area contributed by atoms with E-state index in [9.17, 15) is 14.4 Å². The molecule has 1 saturated heterocycles. The molecule has 4 bridgehead atoms. The molecule has 5 fully saturated rings. The Bertz CT molecular complexity index is 875. The van der Waals surface area contributed by atoms with Crippen molar-refractivity contribution in [2.45, 2.75) is 57.3 Å². The molecule has 6 rings (SSSR count). The summed E-state index contributed by atoms with van der Waals surface area (Å²) in [6.07, 6.45) is 4.14. The Morgan fingerprint density at radius 3 is 2.50 bits per heavy atom. The minimum absolute atomic E-state index is 0.130. The molecule has 3 amide bonds. The van der Waals surface area contributed by atoms with Crippen LogP contribution in [0.15, 0.2) is 30.3 Å². The molecule has 4 saturated carbocycles. The zero-order valence-corrected chi connectivity index (χ0v) is 18.2. The summed E-state index contributed by atoms with van der Waals surface area (Å²) in [5, 5.41) is 2.84. The molecule has 5 aliphatic rings. The standard InChI is InChI=1S/C24H31N3O5/c25-21(28)24-10-16-8-17(11-24)20(18(9-16)12-24)32-23(30)27-7-6-19(13-27)26-22(29)31-14-15-4-2-1-3-5-15/h1-5,16-20H,6-14H2,(H2,25,28)(H,26,29)/t16?,17-,18?,19+,20?,24?/m0/s1. The lowest BCUT2D eigenvalue weighted by Gasteiger charge is -2.58. The van der Waals surface area contributed by atoms with Crippen molar-refractivity contribution in [2.75, 3.05) is 13.1 Å². The number of carbonyl (C=O) groups is 3. The summed E-state index contributed by atoms with van der Waals surface area (Å²) in [6, 6.07) is 9.35. The lowest BCUT2D eigenvalue weighted by molar-refractivity contribution is -0.161. The number of amides is 3. The molecule has 0 radical (unpaired) electrons. The third kappa shape index (κ3) is 4.02. The molecule has 0 aromatic heterocycles. The van der Waals surface area contributed by atoms with Gasteiger partial charge in [-0.15, -0.1) is 0 Å². The van der Waals surface area contributed by atoms with Crippen molar-refractivity contribution in [1.82, 2.24) is 10.2 Å². The van der Waals surface area contributed by atoms with Gasteiger partial charge in [0.2, 0.25) is 5.91 Å². The molecule has 32 heavy (non-hydrogen) atoms. The number of hydrogen-bond acceptors (Lipinski definition) is 5. The quantitative estimate of drug-likeness (QED) is 0.730. The van der Waals surface area contributed by atoms with Crippen molar-refractivity contribution < 1.29 is 23.9 Å². The van der Waals surface area contributed by atoms with Crippen LogP contribution in [0.2, 0.25) is 0 Å². The Balaban J connectivity index is 1.10. The highest BCUT2D eigenvalue weighted by Gasteiger charge is 2.59. The Morgan fingerprint density at radius 2 is 1.81 bits per heavy atom. The van der Waals surface area contributed by atoms with E-state index in [-0.39, 0.29) is 48.0 Å². The van der Waals surface area contributed by atoms with E-state index in [2.05, 4.69) is 5.32 Å². The van der Waals surface area contributed by atoms with Crippen LogP contribution in [-0.2, 0) is 20.9 Å². The van der Waals surface area contributed by atoms with Crippen LogP contribution in [0.4, 0.5) is 9.59 Å². The maximum atomic E-state index is 12.9. The van der Waals surface area contributed by atoms with Crippen LogP contribution < -0.4 is 11.1 Å². The summed E-state index contributed by atoms with van der Waals surface area (Å²) in [6.45, 7) is 1.16. The minimum Gasteiger partial charge on any atom is -0.446 e. The number of carbonyl (C=O) groups excluding carboxylic acids is 3. The summed E-state index contributed by atoms with van der Waals surface area (Å²) in [5.74, 6) is 0.788. The van der Waals surface area contributed by atoms with Gasteiger partial charge in [0.05, 0.1) is 11.5 Å². The SMILES string of the molecule is NC(=O)C12CC3CC(C1)C(OC(=O)N1CC[C@@H](NC(=O)OCc4ccccc4)C1)[C@@H](C3)C2. The number of hydrogen-bond donors (Lipinski definition) is 2. The Hall–Kier alpha value is -2.77. The van der Waals surface area contributed by atoms with Crippen LogP contribution in [0.5, 0.6) is 0 Å². The normalized spacial score (nSPS) is 34.9. The van der Waals surface area contributed by atoms with Crippen LogP contribution in [0.3, 0.4) is 0 Å². The Morgan fingerprint density at radius 1 is 1.09 bits per heavy atom. The van der Waals surface area contributed by atoms with Crippen molar-refractivity contribution in [1.29, 1.82) is 0 Å². The molecule has 0 spiro atoms. The van der Waals surface area contributed by atoms with Crippen LogP contribution >= 0.6 is 0 Å². The molecule has 1 aliphatic heterocycles. The molecule has 3 N–H and O–H groups in total. The van der Waals surface area contributed by atoms with Gasteiger partial charge in [0, 0.05) is 13.1 Å². The smallest absolute Gasteiger partial charge is 0.410 e. The van der Waals surface area contributed by atoms with Gasteiger partial charge in [0.1, 0.15) is 12.7 Å². The number of primary amides is 1. The van der Waals surface area contributed by atoms with E-state index < -0.39 is 6.09 Å². The van der Waals surface area contributed by atoms with E-state index in [1.807, 2.05) is 30.3 Å². The van der Waals surface area contributed by atoms with Gasteiger partial charge in [-0.2, -0.15) is 0 Å². The summed E-state index contributed by atoms with van der Waals surface area (Å²) in [7, 11) is 0. The van der Waals surface area contributed by atoms with Gasteiger partial charge in [0.25, 0.3) is 0 Å². The highest BCUT2D eigenvalue weighted by molar-refractivity contribution is 5.81. The van der Waals surface area contributed by atoms with Crippen LogP contribution in [-0.4, -0.2) is 48.2 Å². The number of likely N-dealkylation sites (tertiary alicyclic amines) is 1. The van der Waals surface area contributed by atoms with Crippen LogP contribution in [0, 0.1) is 23.2 Å². The fourth-order valence-corrected chi connectivity index (χ4v) is 6.64. The van der Waals surface area contributed by atoms with E-state index in [0.29, 0.717) is 25.4 Å². The second-order valence-corrected chi connectivity index (χ2v) is 10.1. The van der Waals surface area contributed by atoms with Gasteiger partial charge in [0.15, 0.2) is 0 Å². The Kier molecular flexibility index (Phi) is 5.47. The molecule has 4 aliphatic carbocycles. The van der Waals surface area contributed by atoms with E-state index >= 15 is 0 Å². The molecule has 4 unspecified atom stereocenters. The fourth-order valence-electron chi connectivity index (χ4n) is 6.64. The lowest BCUT2D eigenvalue weighted by Crippen LogP contribution is -2.59. The monoisotopic (exact) mass is 441 g/mol. The largest absolute Gasteiger partial charge is 0.446 e. The summed E-state index contributed by atoms with van der Waals surface area (Å²) >= 11 is 0. The minimum atomic E-state index is -0.480. The van der Waals surface area contributed by atoms with Crippen LogP contribution in [0.25, 0.3) is 0 Å². The first-order valence-electron chi connectivity index (χ1n) is 11.6. The predicted octanol–water partition coefficient (Wildman–Crippen LogP) is 2.80. The number of ether oxygens (including phenoxy) is 2. The topological polar surface area (TPSA) is 111 Å². The average molecular weight is 442 g/mol. The van der Waals surface area contributed by atoms with E-state index in [1.165, 1.54) is 0 Å². The molecular formula is C24H31N3O5. The summed E-state index contributed by atoms with van der Waals surface area (Å²) < 4.78 is 11.3. The highest BCUT2D eigenvalue weighted by Crippen LogP contribution is 2.60. The molecule has 172 valence electrons. The Labute approximate surface area is 187 Å². The van der Waals surface area contributed by atoms with Gasteiger partial charge < -0.3 is 25.4 Å². The first kappa shape index (κ1) is 21.1. The van der Waals surface area contributed by atoms with Gasteiger partial charge in [-0.25, -0.2) is 9.59 Å². The molecule has 8 heteroatoms. The molecule has 6 atom stereocenters. The second-order valence-electron chi connectivity index (χ2n) is 10.1. The number of nitrogens with zero attached hydrogens (tertiary/aromatic N) is 1.